The van der Waals surface area contributed by atoms with Crippen LogP contribution in [0.4, 0.5) is 10.1 Å². The maximum atomic E-state index is 13.2. The predicted octanol–water partition coefficient (Wildman–Crippen LogP) is 5.63. The molecule has 3 aromatic carbocycles. The van der Waals surface area contributed by atoms with Crippen molar-refractivity contribution in [3.8, 4) is 0 Å². The van der Waals surface area contributed by atoms with Gasteiger partial charge in [-0.2, -0.15) is 0 Å². The molecule has 29 heavy (non-hydrogen) atoms. The first-order chi connectivity index (χ1) is 14.0. The number of halogens is 1. The molecule has 0 fully saturated rings. The molecule has 4 aromatic rings. The van der Waals surface area contributed by atoms with Crippen LogP contribution in [-0.2, 0) is 17.8 Å². The molecule has 0 aliphatic heterocycles. The van der Waals surface area contributed by atoms with Crippen molar-refractivity contribution in [2.45, 2.75) is 26.8 Å². The molecule has 146 valence electrons. The maximum Gasteiger partial charge on any atom is 0.228 e. The van der Waals surface area contributed by atoms with Gasteiger partial charge in [-0.3, -0.25) is 4.79 Å². The van der Waals surface area contributed by atoms with Gasteiger partial charge in [-0.25, -0.2) is 4.39 Å². The molecule has 0 saturated carbocycles. The van der Waals surface area contributed by atoms with Gasteiger partial charge in [-0.15, -0.1) is 0 Å². The van der Waals surface area contributed by atoms with E-state index in [9.17, 15) is 9.18 Å². The van der Waals surface area contributed by atoms with Crippen molar-refractivity contribution in [1.29, 1.82) is 0 Å². The molecule has 0 aliphatic rings. The van der Waals surface area contributed by atoms with Crippen LogP contribution in [0.2, 0.25) is 0 Å². The number of nitrogens with one attached hydrogen (secondary N) is 1. The van der Waals surface area contributed by atoms with E-state index in [1.54, 1.807) is 12.1 Å². The largest absolute Gasteiger partial charge is 0.343 e. The van der Waals surface area contributed by atoms with Crippen molar-refractivity contribution in [3.63, 3.8) is 0 Å². The normalized spacial score (nSPS) is 11.0. The minimum atomic E-state index is -0.241. The smallest absolute Gasteiger partial charge is 0.228 e. The fourth-order valence-electron chi connectivity index (χ4n) is 3.81. The van der Waals surface area contributed by atoms with Crippen molar-refractivity contribution in [3.05, 3.63) is 101 Å². The summed E-state index contributed by atoms with van der Waals surface area (Å²) in [5, 5.41) is 4.07. The molecule has 0 unspecified atom stereocenters. The summed E-state index contributed by atoms with van der Waals surface area (Å²) in [6.07, 6.45) is 2.32. The molecule has 1 heterocycles. The highest BCUT2D eigenvalue weighted by Gasteiger charge is 2.13. The van der Waals surface area contributed by atoms with Crippen LogP contribution in [0.15, 0.2) is 72.9 Å². The number of aryl methyl sites for hydroxylation is 2. The first-order valence-electron chi connectivity index (χ1n) is 9.67. The van der Waals surface area contributed by atoms with Crippen molar-refractivity contribution in [1.82, 2.24) is 4.57 Å². The highest BCUT2D eigenvalue weighted by atomic mass is 19.1. The van der Waals surface area contributed by atoms with E-state index in [0.29, 0.717) is 13.0 Å². The predicted molar refractivity (Wildman–Crippen MR) is 116 cm³/mol. The molecule has 0 bridgehead atoms. The Morgan fingerprint density at radius 3 is 2.38 bits per heavy atom. The Hall–Kier alpha value is -3.40. The summed E-state index contributed by atoms with van der Waals surface area (Å²) in [4.78, 5) is 12.7. The fourth-order valence-corrected chi connectivity index (χ4v) is 3.81. The van der Waals surface area contributed by atoms with Gasteiger partial charge in [0.05, 0.1) is 6.42 Å². The Morgan fingerprint density at radius 2 is 1.66 bits per heavy atom. The van der Waals surface area contributed by atoms with E-state index in [4.69, 9.17) is 0 Å². The van der Waals surface area contributed by atoms with E-state index in [0.717, 1.165) is 38.8 Å². The number of aromatic nitrogens is 1. The van der Waals surface area contributed by atoms with Crippen LogP contribution in [0.5, 0.6) is 0 Å². The zero-order chi connectivity index (χ0) is 20.4. The van der Waals surface area contributed by atoms with Gasteiger partial charge < -0.3 is 9.88 Å². The van der Waals surface area contributed by atoms with Crippen LogP contribution < -0.4 is 5.32 Å². The van der Waals surface area contributed by atoms with Crippen LogP contribution in [-0.4, -0.2) is 10.5 Å². The van der Waals surface area contributed by atoms with Gasteiger partial charge in [0, 0.05) is 29.3 Å². The SMILES string of the molecule is Cc1cc(C)cc(NC(=O)Cc2cn(Cc3ccc(F)cc3)c3ccccc23)c1. The van der Waals surface area contributed by atoms with Crippen molar-refractivity contribution in [2.24, 2.45) is 0 Å². The molecular weight excluding hydrogens is 363 g/mol. The first kappa shape index (κ1) is 18.9. The molecule has 0 saturated heterocycles. The third-order valence-corrected chi connectivity index (χ3v) is 4.99. The van der Waals surface area contributed by atoms with Gasteiger partial charge in [0.25, 0.3) is 0 Å². The zero-order valence-corrected chi connectivity index (χ0v) is 16.6. The average molecular weight is 386 g/mol. The standard InChI is InChI=1S/C25H23FN2O/c1-17-11-18(2)13-22(12-17)27-25(29)14-20-16-28(24-6-4-3-5-23(20)24)15-19-7-9-21(26)10-8-19/h3-13,16H,14-15H2,1-2H3,(H,27,29). The molecule has 0 radical (unpaired) electrons. The summed E-state index contributed by atoms with van der Waals surface area (Å²) in [7, 11) is 0. The van der Waals surface area contributed by atoms with E-state index in [1.165, 1.54) is 12.1 Å². The Balaban J connectivity index is 1.58. The maximum absolute atomic E-state index is 13.2. The third kappa shape index (κ3) is 4.37. The lowest BCUT2D eigenvalue weighted by Crippen LogP contribution is -2.14. The van der Waals surface area contributed by atoms with Gasteiger partial charge in [-0.05, 0) is 66.4 Å². The van der Waals surface area contributed by atoms with Crippen LogP contribution in [0, 0.1) is 19.7 Å². The molecule has 0 aliphatic carbocycles. The lowest BCUT2D eigenvalue weighted by Gasteiger charge is -2.07. The molecule has 0 spiro atoms. The van der Waals surface area contributed by atoms with Crippen molar-refractivity contribution < 1.29 is 9.18 Å². The number of rotatable bonds is 5. The highest BCUT2D eigenvalue weighted by molar-refractivity contribution is 5.96. The summed E-state index contributed by atoms with van der Waals surface area (Å²) in [6.45, 7) is 4.66. The number of carbonyl (C=O) groups is 1. The summed E-state index contributed by atoms with van der Waals surface area (Å²) < 4.78 is 15.3. The van der Waals surface area contributed by atoms with E-state index in [1.807, 2.05) is 56.4 Å². The number of para-hydroxylation sites is 1. The molecule has 3 nitrogen and oxygen atoms in total. The number of hydrogen-bond acceptors (Lipinski definition) is 1. The topological polar surface area (TPSA) is 34.0 Å². The number of fused-ring (bicyclic) bond motifs is 1. The molecule has 1 N–H and O–H groups in total. The van der Waals surface area contributed by atoms with E-state index in [2.05, 4.69) is 16.0 Å². The Kier molecular flexibility index (Phi) is 5.17. The van der Waals surface area contributed by atoms with Crippen LogP contribution in [0.25, 0.3) is 10.9 Å². The quantitative estimate of drug-likeness (QED) is 0.474. The first-order valence-corrected chi connectivity index (χ1v) is 9.67. The molecule has 1 aromatic heterocycles. The molecule has 0 atom stereocenters. The van der Waals surface area contributed by atoms with Gasteiger partial charge in [0.2, 0.25) is 5.91 Å². The number of amides is 1. The number of benzene rings is 3. The summed E-state index contributed by atoms with van der Waals surface area (Å²) in [5.41, 5.74) is 6.11. The lowest BCUT2D eigenvalue weighted by molar-refractivity contribution is -0.115. The van der Waals surface area contributed by atoms with Gasteiger partial charge in [0.1, 0.15) is 5.82 Å². The molecule has 4 heteroatoms. The van der Waals surface area contributed by atoms with Gasteiger partial charge >= 0.3 is 0 Å². The molecular formula is C25H23FN2O. The second kappa shape index (κ2) is 7.92. The van der Waals surface area contributed by atoms with Gasteiger partial charge in [0.15, 0.2) is 0 Å². The number of hydrogen-bond donors (Lipinski definition) is 1. The minimum Gasteiger partial charge on any atom is -0.343 e. The second-order valence-electron chi connectivity index (χ2n) is 7.53. The fraction of sp³-hybridized carbons (Fsp3) is 0.160. The Bertz CT molecular complexity index is 1160. The number of anilines is 1. The monoisotopic (exact) mass is 386 g/mol. The minimum absolute atomic E-state index is 0.0420. The van der Waals surface area contributed by atoms with E-state index in [-0.39, 0.29) is 11.7 Å². The number of nitrogens with zero attached hydrogens (tertiary/aromatic N) is 1. The lowest BCUT2D eigenvalue weighted by atomic mass is 10.1. The average Bonchev–Trinajstić information content (AvgIpc) is 3.00. The second-order valence-corrected chi connectivity index (χ2v) is 7.53. The van der Waals surface area contributed by atoms with Crippen LogP contribution >= 0.6 is 0 Å². The van der Waals surface area contributed by atoms with Crippen LogP contribution in [0.1, 0.15) is 22.3 Å². The molecule has 4 rings (SSSR count). The van der Waals surface area contributed by atoms with E-state index < -0.39 is 0 Å². The Morgan fingerprint density at radius 1 is 0.966 bits per heavy atom. The van der Waals surface area contributed by atoms with Gasteiger partial charge in [-0.1, -0.05) is 36.4 Å². The number of carbonyl (C=O) groups excluding carboxylic acids is 1. The zero-order valence-electron chi connectivity index (χ0n) is 16.6. The molecule has 1 amide bonds. The van der Waals surface area contributed by atoms with Crippen molar-refractivity contribution in [2.75, 3.05) is 5.32 Å². The Labute approximate surface area is 169 Å². The summed E-state index contributed by atoms with van der Waals surface area (Å²) in [5.74, 6) is -0.283. The highest BCUT2D eigenvalue weighted by Crippen LogP contribution is 2.24. The van der Waals surface area contributed by atoms with Crippen molar-refractivity contribution >= 4 is 22.5 Å². The van der Waals surface area contributed by atoms with E-state index >= 15 is 0 Å². The summed E-state index contributed by atoms with van der Waals surface area (Å²) in [6, 6.07) is 20.6. The summed E-state index contributed by atoms with van der Waals surface area (Å²) >= 11 is 0. The third-order valence-electron chi connectivity index (χ3n) is 4.99. The van der Waals surface area contributed by atoms with Crippen LogP contribution in [0.3, 0.4) is 0 Å².